The Morgan fingerprint density at radius 3 is 1.94 bits per heavy atom. The van der Waals surface area contributed by atoms with E-state index in [4.69, 9.17) is 0 Å². The molecule has 6 fully saturated rings. The van der Waals surface area contributed by atoms with E-state index in [2.05, 4.69) is 58.9 Å². The molecule has 4 saturated carbocycles. The summed E-state index contributed by atoms with van der Waals surface area (Å²) in [5.41, 5.74) is 3.28. The third-order valence-corrected chi connectivity index (χ3v) is 14.0. The molecule has 7 aliphatic rings. The number of hydrogen-bond donors (Lipinski definition) is 2. The Kier molecular flexibility index (Phi) is 6.22. The van der Waals surface area contributed by atoms with Crippen molar-refractivity contribution in [3.63, 3.8) is 0 Å². The Labute approximate surface area is 207 Å². The van der Waals surface area contributed by atoms with E-state index in [1.54, 1.807) is 38.5 Å². The average Bonchev–Trinajstić information content (AvgIpc) is 3.53. The molecule has 4 bridgehead atoms. The Balaban J connectivity index is 1.38. The van der Waals surface area contributed by atoms with Gasteiger partial charge in [-0.05, 0) is 123 Å². The fourth-order valence-electron chi connectivity index (χ4n) is 9.80. The van der Waals surface area contributed by atoms with E-state index in [9.17, 15) is 0 Å². The lowest BCUT2D eigenvalue weighted by molar-refractivity contribution is -0.0580. The zero-order valence-corrected chi connectivity index (χ0v) is 23.5. The summed E-state index contributed by atoms with van der Waals surface area (Å²) >= 11 is 0. The second kappa shape index (κ2) is 8.68. The van der Waals surface area contributed by atoms with Crippen molar-refractivity contribution in [3.8, 4) is 0 Å². The van der Waals surface area contributed by atoms with Crippen molar-refractivity contribution in [1.82, 2.24) is 10.6 Å². The van der Waals surface area contributed by atoms with Crippen molar-refractivity contribution in [1.29, 1.82) is 0 Å². The largest absolute Gasteiger partial charge is 0.316 e. The first-order chi connectivity index (χ1) is 15.8. The molecule has 0 aromatic carbocycles. The molecule has 0 radical (unpaired) electrons. The van der Waals surface area contributed by atoms with Crippen molar-refractivity contribution < 1.29 is 0 Å². The third-order valence-electron chi connectivity index (χ3n) is 10.6. The van der Waals surface area contributed by atoms with Gasteiger partial charge >= 0.3 is 0 Å². The highest BCUT2D eigenvalue weighted by molar-refractivity contribution is 7.40. The van der Waals surface area contributed by atoms with Gasteiger partial charge in [-0.1, -0.05) is 44.6 Å². The van der Waals surface area contributed by atoms with Crippen molar-refractivity contribution in [2.45, 2.75) is 88.1 Å². The summed E-state index contributed by atoms with van der Waals surface area (Å²) < 4.78 is 0. The van der Waals surface area contributed by atoms with E-state index in [-0.39, 0.29) is 5.16 Å². The molecule has 4 heteroatoms. The lowest BCUT2D eigenvalue weighted by atomic mass is 9.47. The van der Waals surface area contributed by atoms with Crippen LogP contribution in [0.1, 0.15) is 72.1 Å². The highest BCUT2D eigenvalue weighted by atomic mass is 31.1. The summed E-state index contributed by atoms with van der Waals surface area (Å²) in [4.78, 5) is 0. The lowest BCUT2D eigenvalue weighted by Crippen LogP contribution is -2.54. The predicted molar refractivity (Wildman–Crippen MR) is 148 cm³/mol. The van der Waals surface area contributed by atoms with Crippen LogP contribution in [0.2, 0.25) is 0 Å². The highest BCUT2D eigenvalue weighted by Gasteiger charge is 2.58. The Morgan fingerprint density at radius 1 is 0.939 bits per heavy atom. The zero-order chi connectivity index (χ0) is 22.8. The van der Waals surface area contributed by atoms with E-state index < -0.39 is 0 Å². The summed E-state index contributed by atoms with van der Waals surface area (Å²) in [5, 5.41) is 8.15. The van der Waals surface area contributed by atoms with E-state index in [0.717, 1.165) is 43.8 Å². The summed E-state index contributed by atoms with van der Waals surface area (Å²) in [6.07, 6.45) is 19.8. The first kappa shape index (κ1) is 23.6. The van der Waals surface area contributed by atoms with Gasteiger partial charge in [0.05, 0.1) is 0 Å². The summed E-state index contributed by atoms with van der Waals surface area (Å²) in [5.74, 6) is 5.31. The van der Waals surface area contributed by atoms with E-state index in [1.165, 1.54) is 39.0 Å². The third kappa shape index (κ3) is 4.16. The molecular weight excluding hydrogens is 438 g/mol. The Bertz CT molecular complexity index is 746. The fourth-order valence-corrected chi connectivity index (χ4v) is 12.7. The van der Waals surface area contributed by atoms with Crippen LogP contribution < -0.4 is 10.6 Å². The maximum absolute atomic E-state index is 3.74. The van der Waals surface area contributed by atoms with Gasteiger partial charge in [0.2, 0.25) is 0 Å². The van der Waals surface area contributed by atoms with Gasteiger partial charge in [0.25, 0.3) is 0 Å². The lowest BCUT2D eigenvalue weighted by Gasteiger charge is -2.62. The van der Waals surface area contributed by atoms with Crippen LogP contribution in [-0.4, -0.2) is 42.2 Å². The molecule has 6 atom stereocenters. The van der Waals surface area contributed by atoms with Crippen molar-refractivity contribution in [3.05, 3.63) is 23.8 Å². The smallest absolute Gasteiger partial charge is 0.0147 e. The van der Waals surface area contributed by atoms with Crippen LogP contribution in [0.4, 0.5) is 0 Å². The molecule has 7 rings (SSSR count). The molecule has 0 aromatic heterocycles. The van der Waals surface area contributed by atoms with Gasteiger partial charge in [-0.2, -0.15) is 0 Å². The van der Waals surface area contributed by atoms with E-state index in [1.807, 2.05) is 5.57 Å². The van der Waals surface area contributed by atoms with Gasteiger partial charge in [-0.25, -0.2) is 0 Å². The number of hydrogen-bond acceptors (Lipinski definition) is 2. The van der Waals surface area contributed by atoms with Gasteiger partial charge < -0.3 is 10.6 Å². The summed E-state index contributed by atoms with van der Waals surface area (Å²) in [6.45, 7) is 12.4. The highest BCUT2D eigenvalue weighted by Crippen LogP contribution is 2.68. The first-order valence-corrected chi connectivity index (χ1v) is 15.8. The van der Waals surface area contributed by atoms with Crippen molar-refractivity contribution in [2.75, 3.05) is 26.2 Å². The number of nitrogens with one attached hydrogen (secondary N) is 2. The molecule has 0 spiro atoms. The maximum Gasteiger partial charge on any atom is 0.0147 e. The van der Waals surface area contributed by atoms with E-state index in [0.29, 0.717) is 16.5 Å². The molecule has 2 saturated heterocycles. The normalized spacial score (nSPS) is 45.3. The summed E-state index contributed by atoms with van der Waals surface area (Å²) in [6, 6.07) is 0. The minimum absolute atomic E-state index is 0.254. The number of allylic oxidation sites excluding steroid dienone is 4. The van der Waals surface area contributed by atoms with Crippen molar-refractivity contribution in [2.24, 2.45) is 40.9 Å². The molecule has 6 unspecified atom stereocenters. The minimum atomic E-state index is 0.254. The standard InChI is InChI=1S/C29H48N2P2/c1-27(2,3)33-26(28-14-19-11-20(15-28)13-21(12-19)16-28)24-5-4-6-25(24)29(32,22-7-9-30-17-22)23-8-10-31-18-23/h4-6,19-24,26,30-31,33H,7-18,32H2,1-3H3. The molecule has 2 aliphatic heterocycles. The second-order valence-electron chi connectivity index (χ2n) is 14.0. The van der Waals surface area contributed by atoms with Crippen molar-refractivity contribution >= 4 is 17.8 Å². The SMILES string of the molecule is CC(C)(C)PC(C1C=CC=C1C(P)(C1CCNC1)C1CCNC1)C12CC3CC(CC(C3)C1)C2. The second-order valence-corrected chi connectivity index (χ2v) is 17.4. The molecule has 184 valence electrons. The molecule has 2 N–H and O–H groups in total. The van der Waals surface area contributed by atoms with Crippen LogP contribution in [0.15, 0.2) is 23.8 Å². The molecule has 2 nitrogen and oxygen atoms in total. The summed E-state index contributed by atoms with van der Waals surface area (Å²) in [7, 11) is 4.60. The van der Waals surface area contributed by atoms with Crippen LogP contribution >= 0.6 is 17.8 Å². The van der Waals surface area contributed by atoms with Gasteiger partial charge in [-0.3, -0.25) is 0 Å². The van der Waals surface area contributed by atoms with Crippen LogP contribution in [-0.2, 0) is 0 Å². The van der Waals surface area contributed by atoms with Crippen LogP contribution in [0.25, 0.3) is 0 Å². The predicted octanol–water partition coefficient (Wildman–Crippen LogP) is 5.99. The monoisotopic (exact) mass is 486 g/mol. The maximum atomic E-state index is 3.74. The molecule has 5 aliphatic carbocycles. The van der Waals surface area contributed by atoms with Crippen LogP contribution in [0, 0.1) is 40.9 Å². The van der Waals surface area contributed by atoms with E-state index >= 15 is 0 Å². The van der Waals surface area contributed by atoms with Gasteiger partial charge in [0, 0.05) is 11.1 Å². The first-order valence-electron chi connectivity index (χ1n) is 14.1. The Hall–Kier alpha value is 0.260. The van der Waals surface area contributed by atoms with Gasteiger partial charge in [0.15, 0.2) is 0 Å². The molecular formula is C29H48N2P2. The minimum Gasteiger partial charge on any atom is -0.316 e. The van der Waals surface area contributed by atoms with Crippen LogP contribution in [0.3, 0.4) is 0 Å². The fraction of sp³-hybridized carbons (Fsp3) is 0.862. The topological polar surface area (TPSA) is 24.1 Å². The number of rotatable bonds is 6. The molecule has 2 heterocycles. The van der Waals surface area contributed by atoms with Crippen LogP contribution in [0.5, 0.6) is 0 Å². The zero-order valence-electron chi connectivity index (χ0n) is 21.3. The average molecular weight is 487 g/mol. The molecule has 0 amide bonds. The molecule has 0 aromatic rings. The molecule has 33 heavy (non-hydrogen) atoms. The van der Waals surface area contributed by atoms with Gasteiger partial charge in [0.1, 0.15) is 0 Å². The van der Waals surface area contributed by atoms with Gasteiger partial charge in [-0.15, -0.1) is 17.8 Å². The Morgan fingerprint density at radius 2 is 1.48 bits per heavy atom. The quantitative estimate of drug-likeness (QED) is 0.451.